The zero-order valence-corrected chi connectivity index (χ0v) is 13.0. The van der Waals surface area contributed by atoms with Gasteiger partial charge in [0.05, 0.1) is 0 Å². The molecule has 17 heavy (non-hydrogen) atoms. The molecule has 0 aromatic heterocycles. The molecule has 2 atom stereocenters. The topological polar surface area (TPSA) is 24.4 Å². The van der Waals surface area contributed by atoms with Crippen LogP contribution in [0.25, 0.3) is 0 Å². The van der Waals surface area contributed by atoms with Crippen LogP contribution in [0.15, 0.2) is 4.99 Å². The molecule has 0 spiro atoms. The summed E-state index contributed by atoms with van der Waals surface area (Å²) in [6.45, 7) is 5.55. The zero-order chi connectivity index (χ0) is 12.5. The number of hydrogen-bond acceptors (Lipinski definition) is 3. The van der Waals surface area contributed by atoms with Gasteiger partial charge in [0.2, 0.25) is 0 Å². The number of unbranched alkanes of at least 4 members (excludes halogenated alkanes) is 3. The first-order valence-electron chi connectivity index (χ1n) is 6.66. The lowest BCUT2D eigenvalue weighted by atomic mass is 10.1. The molecule has 1 saturated heterocycles. The van der Waals surface area contributed by atoms with Crippen molar-refractivity contribution in [3.05, 3.63) is 0 Å². The van der Waals surface area contributed by atoms with Gasteiger partial charge in [-0.2, -0.15) is 11.8 Å². The van der Waals surface area contributed by atoms with Crippen molar-refractivity contribution >= 4 is 28.7 Å². The number of rotatable bonds is 7. The molecule has 0 aromatic carbocycles. The van der Waals surface area contributed by atoms with Crippen molar-refractivity contribution in [2.75, 3.05) is 24.3 Å². The van der Waals surface area contributed by atoms with Gasteiger partial charge in [-0.05, 0) is 37.7 Å². The first kappa shape index (κ1) is 15.2. The Kier molecular flexibility index (Phi) is 8.19. The van der Waals surface area contributed by atoms with E-state index in [9.17, 15) is 0 Å². The van der Waals surface area contributed by atoms with Crippen LogP contribution < -0.4 is 5.32 Å². The van der Waals surface area contributed by atoms with Gasteiger partial charge in [-0.1, -0.05) is 31.5 Å². The lowest BCUT2D eigenvalue weighted by Gasteiger charge is -2.28. The van der Waals surface area contributed by atoms with E-state index in [1.54, 1.807) is 0 Å². The summed E-state index contributed by atoms with van der Waals surface area (Å²) in [4.78, 5) is 4.65. The maximum absolute atomic E-state index is 4.65. The smallest absolute Gasteiger partial charge is 0.156 e. The Morgan fingerprint density at radius 3 is 2.76 bits per heavy atom. The molecule has 0 aliphatic carbocycles. The molecular weight excluding hydrogens is 248 g/mol. The van der Waals surface area contributed by atoms with Crippen molar-refractivity contribution in [1.29, 1.82) is 0 Å². The monoisotopic (exact) mass is 274 g/mol. The second kappa shape index (κ2) is 9.15. The van der Waals surface area contributed by atoms with Crippen LogP contribution in [0, 0.1) is 5.92 Å². The normalized spacial score (nSPS) is 27.1. The summed E-state index contributed by atoms with van der Waals surface area (Å²) in [5.74, 6) is 3.27. The molecule has 1 aliphatic heterocycles. The number of amidine groups is 1. The van der Waals surface area contributed by atoms with Gasteiger partial charge >= 0.3 is 0 Å². The number of thioether (sulfide) groups is 2. The van der Waals surface area contributed by atoms with Crippen molar-refractivity contribution in [2.45, 2.75) is 45.6 Å². The highest BCUT2D eigenvalue weighted by Crippen LogP contribution is 2.19. The highest BCUT2D eigenvalue weighted by molar-refractivity contribution is 8.13. The highest BCUT2D eigenvalue weighted by atomic mass is 32.2. The van der Waals surface area contributed by atoms with Gasteiger partial charge in [-0.3, -0.25) is 4.99 Å². The minimum atomic E-state index is 0.580. The standard InChI is InChI=1S/C13H26N2S2/c1-11-10-17-13(15-12(11)2)14-8-6-4-5-7-9-16-3/h11-12H,4-10H2,1-3H3,(H,14,15). The van der Waals surface area contributed by atoms with E-state index in [1.807, 2.05) is 23.5 Å². The molecule has 1 N–H and O–H groups in total. The molecule has 0 radical (unpaired) electrons. The second-order valence-electron chi connectivity index (χ2n) is 4.82. The fourth-order valence-electron chi connectivity index (χ4n) is 1.72. The summed E-state index contributed by atoms with van der Waals surface area (Å²) in [6, 6.07) is 0.580. The highest BCUT2D eigenvalue weighted by Gasteiger charge is 2.20. The van der Waals surface area contributed by atoms with Crippen LogP contribution in [-0.4, -0.2) is 35.5 Å². The molecule has 0 saturated carbocycles. The lowest BCUT2D eigenvalue weighted by molar-refractivity contribution is 0.489. The van der Waals surface area contributed by atoms with Crippen molar-refractivity contribution in [3.8, 4) is 0 Å². The fraction of sp³-hybridized carbons (Fsp3) is 0.923. The molecular formula is C13H26N2S2. The van der Waals surface area contributed by atoms with Crippen molar-refractivity contribution in [2.24, 2.45) is 10.9 Å². The van der Waals surface area contributed by atoms with Crippen LogP contribution in [0.1, 0.15) is 39.5 Å². The van der Waals surface area contributed by atoms with Gasteiger partial charge in [-0.15, -0.1) is 0 Å². The number of nitrogens with zero attached hydrogens (tertiary/aromatic N) is 1. The molecule has 2 unspecified atom stereocenters. The van der Waals surface area contributed by atoms with Crippen LogP contribution >= 0.6 is 23.5 Å². The summed E-state index contributed by atoms with van der Waals surface area (Å²) in [5, 5.41) is 4.65. The van der Waals surface area contributed by atoms with Gasteiger partial charge in [0, 0.05) is 18.3 Å². The third-order valence-electron chi connectivity index (χ3n) is 3.20. The van der Waals surface area contributed by atoms with E-state index in [0.29, 0.717) is 6.04 Å². The molecule has 0 bridgehead atoms. The molecule has 1 rings (SSSR count). The minimum absolute atomic E-state index is 0.580. The quantitative estimate of drug-likeness (QED) is 0.718. The number of aliphatic imine (C=N–C) groups is 1. The number of nitrogens with one attached hydrogen (secondary N) is 1. The van der Waals surface area contributed by atoms with Gasteiger partial charge in [0.15, 0.2) is 5.17 Å². The van der Waals surface area contributed by atoms with Gasteiger partial charge in [0.1, 0.15) is 0 Å². The Bertz CT molecular complexity index is 231. The second-order valence-corrected chi connectivity index (χ2v) is 6.81. The lowest BCUT2D eigenvalue weighted by Crippen LogP contribution is -2.41. The number of hydrogen-bond donors (Lipinski definition) is 1. The van der Waals surface area contributed by atoms with Crippen LogP contribution in [0.2, 0.25) is 0 Å². The predicted octanol–water partition coefficient (Wildman–Crippen LogP) is 3.63. The van der Waals surface area contributed by atoms with E-state index < -0.39 is 0 Å². The molecule has 0 aromatic rings. The van der Waals surface area contributed by atoms with E-state index in [2.05, 4.69) is 30.4 Å². The summed E-state index contributed by atoms with van der Waals surface area (Å²) < 4.78 is 0. The maximum atomic E-state index is 4.65. The Morgan fingerprint density at radius 2 is 2.06 bits per heavy atom. The van der Waals surface area contributed by atoms with Gasteiger partial charge < -0.3 is 5.32 Å². The Hall–Kier alpha value is 0.170. The average Bonchev–Trinajstić information content (AvgIpc) is 2.32. The van der Waals surface area contributed by atoms with Crippen LogP contribution in [-0.2, 0) is 0 Å². The summed E-state index contributed by atoms with van der Waals surface area (Å²) >= 11 is 3.83. The molecule has 4 heteroatoms. The summed E-state index contributed by atoms with van der Waals surface area (Å²) in [5.41, 5.74) is 0. The average molecular weight is 274 g/mol. The van der Waals surface area contributed by atoms with Crippen molar-refractivity contribution in [1.82, 2.24) is 5.32 Å². The van der Waals surface area contributed by atoms with Gasteiger partial charge in [0.25, 0.3) is 0 Å². The fourth-order valence-corrected chi connectivity index (χ4v) is 3.37. The maximum Gasteiger partial charge on any atom is 0.156 e. The first-order valence-corrected chi connectivity index (χ1v) is 9.04. The van der Waals surface area contributed by atoms with Crippen molar-refractivity contribution in [3.63, 3.8) is 0 Å². The molecule has 1 fully saturated rings. The van der Waals surface area contributed by atoms with Crippen LogP contribution in [0.5, 0.6) is 0 Å². The SMILES string of the molecule is CSCCCCCCN=C1NC(C)C(C)CS1. The minimum Gasteiger partial charge on any atom is -0.362 e. The predicted molar refractivity (Wildman–Crippen MR) is 83.4 cm³/mol. The molecule has 100 valence electrons. The molecule has 2 nitrogen and oxygen atoms in total. The summed E-state index contributed by atoms with van der Waals surface area (Å²) in [7, 11) is 0. The van der Waals surface area contributed by atoms with Gasteiger partial charge in [-0.25, -0.2) is 0 Å². The summed E-state index contributed by atoms with van der Waals surface area (Å²) in [6.07, 6.45) is 7.47. The van der Waals surface area contributed by atoms with E-state index >= 15 is 0 Å². The largest absolute Gasteiger partial charge is 0.362 e. The zero-order valence-electron chi connectivity index (χ0n) is 11.4. The Balaban J connectivity index is 2.04. The first-order chi connectivity index (χ1) is 8.24. The molecule has 1 heterocycles. The molecule has 1 aliphatic rings. The van der Waals surface area contributed by atoms with E-state index in [-0.39, 0.29) is 0 Å². The third kappa shape index (κ3) is 6.61. The van der Waals surface area contributed by atoms with Crippen molar-refractivity contribution < 1.29 is 0 Å². The van der Waals surface area contributed by atoms with E-state index in [1.165, 1.54) is 42.4 Å². The molecule has 0 amide bonds. The Morgan fingerprint density at radius 1 is 1.29 bits per heavy atom. The van der Waals surface area contributed by atoms with Crippen LogP contribution in [0.3, 0.4) is 0 Å². The third-order valence-corrected chi connectivity index (χ3v) is 5.11. The Labute approximate surface area is 115 Å². The van der Waals surface area contributed by atoms with Crippen LogP contribution in [0.4, 0.5) is 0 Å². The van der Waals surface area contributed by atoms with E-state index in [4.69, 9.17) is 0 Å². The van der Waals surface area contributed by atoms with E-state index in [0.717, 1.165) is 12.5 Å².